The van der Waals surface area contributed by atoms with Gasteiger partial charge in [0.2, 0.25) is 11.8 Å². The summed E-state index contributed by atoms with van der Waals surface area (Å²) in [4.78, 5) is 19.0. The molecule has 2 aliphatic rings. The maximum atomic E-state index is 12.8. The highest BCUT2D eigenvalue weighted by Gasteiger charge is 2.34. The Morgan fingerprint density at radius 3 is 2.88 bits per heavy atom. The van der Waals surface area contributed by atoms with Crippen molar-refractivity contribution in [1.82, 2.24) is 9.88 Å². The number of rotatable bonds is 6. The van der Waals surface area contributed by atoms with Crippen molar-refractivity contribution in [1.29, 1.82) is 5.26 Å². The number of unbranched alkanes of at least 4 members (excludes halogenated alkanes) is 1. The Bertz CT molecular complexity index is 647. The van der Waals surface area contributed by atoms with Gasteiger partial charge in [0.1, 0.15) is 6.10 Å². The highest BCUT2D eigenvalue weighted by atomic mass is 16.5. The number of likely N-dealkylation sites (tertiary alicyclic amines) is 1. The summed E-state index contributed by atoms with van der Waals surface area (Å²) in [6, 6.07) is 5.41. The zero-order chi connectivity index (χ0) is 18.4. The topological polar surface area (TPSA) is 66.2 Å². The zero-order valence-corrected chi connectivity index (χ0v) is 15.7. The van der Waals surface area contributed by atoms with Crippen LogP contribution in [0.4, 0.5) is 0 Å². The first kappa shape index (κ1) is 18.7. The summed E-state index contributed by atoms with van der Waals surface area (Å²) in [6.07, 6.45) is 10.8. The van der Waals surface area contributed by atoms with Crippen LogP contribution in [0, 0.1) is 23.2 Å². The predicted molar refractivity (Wildman–Crippen MR) is 99.5 cm³/mol. The molecule has 0 bridgehead atoms. The van der Waals surface area contributed by atoms with Crippen molar-refractivity contribution >= 4 is 5.91 Å². The fourth-order valence-electron chi connectivity index (χ4n) is 4.19. The lowest BCUT2D eigenvalue weighted by Gasteiger charge is -2.30. The van der Waals surface area contributed by atoms with Gasteiger partial charge in [0.25, 0.3) is 0 Å². The van der Waals surface area contributed by atoms with Crippen LogP contribution in [-0.2, 0) is 4.79 Å². The van der Waals surface area contributed by atoms with Crippen molar-refractivity contribution < 1.29 is 9.53 Å². The number of nitriles is 1. The first-order valence-corrected chi connectivity index (χ1v) is 10.0. The minimum absolute atomic E-state index is 0.0266. The SMILES string of the molecule is CCCCC1CCC(C(=O)N2CCC(Oc3cc(C#N)ccn3)C2)CC1. The standard InChI is InChI=1S/C21H29N3O2/c1-2-3-4-16-5-7-18(8-6-16)21(25)24-12-10-19(15-24)26-20-13-17(14-22)9-11-23-20/h9,11,13,16,18-19H,2-8,10,12,15H2,1H3. The molecule has 140 valence electrons. The highest BCUT2D eigenvalue weighted by Crippen LogP contribution is 2.33. The second-order valence-electron chi connectivity index (χ2n) is 7.67. The molecular weight excluding hydrogens is 326 g/mol. The Morgan fingerprint density at radius 1 is 1.35 bits per heavy atom. The predicted octanol–water partition coefficient (Wildman–Crippen LogP) is 3.93. The summed E-state index contributed by atoms with van der Waals surface area (Å²) in [5.74, 6) is 1.81. The van der Waals surface area contributed by atoms with Gasteiger partial charge in [-0.2, -0.15) is 5.26 Å². The third-order valence-corrected chi connectivity index (χ3v) is 5.77. The van der Waals surface area contributed by atoms with Crippen LogP contribution < -0.4 is 4.74 Å². The van der Waals surface area contributed by atoms with Gasteiger partial charge in [-0.25, -0.2) is 4.98 Å². The molecule has 0 aromatic carbocycles. The summed E-state index contributed by atoms with van der Waals surface area (Å²) in [7, 11) is 0. The molecule has 1 saturated heterocycles. The van der Waals surface area contributed by atoms with Crippen molar-refractivity contribution in [2.75, 3.05) is 13.1 Å². The van der Waals surface area contributed by atoms with E-state index in [4.69, 9.17) is 10.00 Å². The quantitative estimate of drug-likeness (QED) is 0.775. The fraction of sp³-hybridized carbons (Fsp3) is 0.667. The number of amides is 1. The Hall–Kier alpha value is -2.09. The van der Waals surface area contributed by atoms with Crippen molar-refractivity contribution in [3.8, 4) is 11.9 Å². The molecule has 5 nitrogen and oxygen atoms in total. The number of pyridine rings is 1. The number of carbonyl (C=O) groups excluding carboxylic acids is 1. The van der Waals surface area contributed by atoms with E-state index in [2.05, 4.69) is 18.0 Å². The first-order chi connectivity index (χ1) is 12.7. The van der Waals surface area contributed by atoms with Crippen LogP contribution in [0.2, 0.25) is 0 Å². The second kappa shape index (κ2) is 9.02. The minimum Gasteiger partial charge on any atom is -0.472 e. The Balaban J connectivity index is 1.46. The molecule has 0 radical (unpaired) electrons. The molecule has 1 aliphatic carbocycles. The third kappa shape index (κ3) is 4.75. The lowest BCUT2D eigenvalue weighted by molar-refractivity contribution is -0.136. The summed E-state index contributed by atoms with van der Waals surface area (Å²) in [6.45, 7) is 3.64. The minimum atomic E-state index is -0.0266. The van der Waals surface area contributed by atoms with E-state index < -0.39 is 0 Å². The second-order valence-corrected chi connectivity index (χ2v) is 7.67. The van der Waals surface area contributed by atoms with Crippen LogP contribution in [0.1, 0.15) is 63.9 Å². The molecule has 0 N–H and O–H groups in total. The zero-order valence-electron chi connectivity index (χ0n) is 15.7. The molecule has 1 unspecified atom stereocenters. The van der Waals surface area contributed by atoms with Crippen LogP contribution in [0.25, 0.3) is 0 Å². The molecule has 1 aliphatic heterocycles. The normalized spacial score (nSPS) is 25.7. The van der Waals surface area contributed by atoms with Crippen molar-refractivity contribution in [3.63, 3.8) is 0 Å². The monoisotopic (exact) mass is 355 g/mol. The van der Waals surface area contributed by atoms with E-state index in [0.29, 0.717) is 23.9 Å². The van der Waals surface area contributed by atoms with Crippen LogP contribution in [0.3, 0.4) is 0 Å². The summed E-state index contributed by atoms with van der Waals surface area (Å²) >= 11 is 0. The Labute approximate surface area is 156 Å². The maximum Gasteiger partial charge on any atom is 0.225 e. The molecule has 0 spiro atoms. The first-order valence-electron chi connectivity index (χ1n) is 10.0. The summed E-state index contributed by atoms with van der Waals surface area (Å²) in [5, 5.41) is 8.96. The number of nitrogens with zero attached hydrogens (tertiary/aromatic N) is 3. The van der Waals surface area contributed by atoms with Crippen LogP contribution >= 0.6 is 0 Å². The molecule has 1 amide bonds. The Kier molecular flexibility index (Phi) is 6.49. The summed E-state index contributed by atoms with van der Waals surface area (Å²) in [5.41, 5.74) is 0.542. The van der Waals surface area contributed by atoms with Gasteiger partial charge in [-0.3, -0.25) is 4.79 Å². The van der Waals surface area contributed by atoms with E-state index in [1.54, 1.807) is 18.3 Å². The van der Waals surface area contributed by atoms with E-state index in [1.807, 2.05) is 4.90 Å². The average molecular weight is 355 g/mol. The molecule has 3 rings (SSSR count). The van der Waals surface area contributed by atoms with Gasteiger partial charge in [-0.15, -0.1) is 0 Å². The molecular formula is C21H29N3O2. The molecule has 1 atom stereocenters. The highest BCUT2D eigenvalue weighted by molar-refractivity contribution is 5.79. The maximum absolute atomic E-state index is 12.8. The molecule has 1 aromatic rings. The van der Waals surface area contributed by atoms with Gasteiger partial charge in [0.15, 0.2) is 0 Å². The molecule has 5 heteroatoms. The van der Waals surface area contributed by atoms with Crippen molar-refractivity contribution in [2.24, 2.45) is 11.8 Å². The van der Waals surface area contributed by atoms with E-state index in [-0.39, 0.29) is 12.0 Å². The lowest BCUT2D eigenvalue weighted by atomic mass is 9.79. The number of carbonyl (C=O) groups is 1. The lowest BCUT2D eigenvalue weighted by Crippen LogP contribution is -2.37. The Morgan fingerprint density at radius 2 is 2.15 bits per heavy atom. The van der Waals surface area contributed by atoms with E-state index in [1.165, 1.54) is 32.1 Å². The van der Waals surface area contributed by atoms with E-state index in [0.717, 1.165) is 31.7 Å². The molecule has 1 saturated carbocycles. The van der Waals surface area contributed by atoms with Crippen LogP contribution in [0.15, 0.2) is 18.3 Å². The van der Waals surface area contributed by atoms with E-state index >= 15 is 0 Å². The molecule has 1 aromatic heterocycles. The van der Waals surface area contributed by atoms with Crippen LogP contribution in [-0.4, -0.2) is 35.0 Å². The fourth-order valence-corrected chi connectivity index (χ4v) is 4.19. The average Bonchev–Trinajstić information content (AvgIpc) is 3.14. The van der Waals surface area contributed by atoms with Gasteiger partial charge in [0, 0.05) is 31.1 Å². The van der Waals surface area contributed by atoms with Crippen molar-refractivity contribution in [3.05, 3.63) is 23.9 Å². The van der Waals surface area contributed by atoms with Gasteiger partial charge in [0.05, 0.1) is 18.2 Å². The van der Waals surface area contributed by atoms with Crippen LogP contribution in [0.5, 0.6) is 5.88 Å². The van der Waals surface area contributed by atoms with Gasteiger partial charge >= 0.3 is 0 Å². The van der Waals surface area contributed by atoms with Gasteiger partial charge in [-0.05, 0) is 37.7 Å². The van der Waals surface area contributed by atoms with E-state index in [9.17, 15) is 4.79 Å². The molecule has 2 heterocycles. The molecule has 26 heavy (non-hydrogen) atoms. The van der Waals surface area contributed by atoms with Gasteiger partial charge < -0.3 is 9.64 Å². The summed E-state index contributed by atoms with van der Waals surface area (Å²) < 4.78 is 5.89. The van der Waals surface area contributed by atoms with Gasteiger partial charge in [-0.1, -0.05) is 26.2 Å². The third-order valence-electron chi connectivity index (χ3n) is 5.77. The molecule has 2 fully saturated rings. The number of hydrogen-bond donors (Lipinski definition) is 0. The number of ether oxygens (including phenoxy) is 1. The largest absolute Gasteiger partial charge is 0.472 e. The number of aromatic nitrogens is 1. The van der Waals surface area contributed by atoms with Crippen molar-refractivity contribution in [2.45, 2.75) is 64.4 Å². The number of hydrogen-bond acceptors (Lipinski definition) is 4. The smallest absolute Gasteiger partial charge is 0.225 e.